The second-order valence-corrected chi connectivity index (χ2v) is 6.50. The maximum Gasteiger partial charge on any atom is 0.341 e. The van der Waals surface area contributed by atoms with Crippen LogP contribution >= 0.6 is 0 Å². The van der Waals surface area contributed by atoms with Crippen molar-refractivity contribution in [2.45, 2.75) is 13.3 Å². The summed E-state index contributed by atoms with van der Waals surface area (Å²) in [5.74, 6) is -0.673. The number of hydrogen-bond acceptors (Lipinski definition) is 8. The Morgan fingerprint density at radius 1 is 1.03 bits per heavy atom. The highest BCUT2D eigenvalue weighted by Gasteiger charge is 2.21. The minimum atomic E-state index is -1.21. The summed E-state index contributed by atoms with van der Waals surface area (Å²) in [6.07, 6.45) is 0.628. The van der Waals surface area contributed by atoms with Gasteiger partial charge in [0.1, 0.15) is 16.7 Å². The van der Waals surface area contributed by atoms with E-state index in [2.05, 4.69) is 0 Å². The third-order valence-electron chi connectivity index (χ3n) is 4.38. The molecule has 1 aromatic heterocycles. The van der Waals surface area contributed by atoms with Gasteiger partial charge in [-0.05, 0) is 24.6 Å². The molecule has 9 nitrogen and oxygen atoms in total. The number of rotatable bonds is 9. The van der Waals surface area contributed by atoms with E-state index in [1.807, 2.05) is 6.92 Å². The molecule has 0 fully saturated rings. The van der Waals surface area contributed by atoms with Crippen LogP contribution in [0.3, 0.4) is 0 Å². The SMILES string of the molecule is CCCOc1c(OCC(=O)O)cc2oc(-c3ccc(OC)c(OC)c3)cc(=O)c2c1O. The highest BCUT2D eigenvalue weighted by atomic mass is 16.5. The van der Waals surface area contributed by atoms with Gasteiger partial charge in [-0.3, -0.25) is 4.79 Å². The number of aromatic hydroxyl groups is 1. The number of carboxylic acids is 1. The Bertz CT molecular complexity index is 1160. The van der Waals surface area contributed by atoms with Crippen molar-refractivity contribution in [2.24, 2.45) is 0 Å². The third kappa shape index (κ3) is 4.50. The van der Waals surface area contributed by atoms with Crippen molar-refractivity contribution in [1.29, 1.82) is 0 Å². The summed E-state index contributed by atoms with van der Waals surface area (Å²) in [4.78, 5) is 23.7. The number of benzene rings is 2. The molecule has 2 N–H and O–H groups in total. The molecule has 3 rings (SSSR count). The van der Waals surface area contributed by atoms with Crippen LogP contribution in [-0.4, -0.2) is 43.6 Å². The number of phenols is 1. The Morgan fingerprint density at radius 3 is 2.42 bits per heavy atom. The first-order valence-corrected chi connectivity index (χ1v) is 9.43. The van der Waals surface area contributed by atoms with Crippen molar-refractivity contribution in [1.82, 2.24) is 0 Å². The summed E-state index contributed by atoms with van der Waals surface area (Å²) in [5, 5.41) is 19.5. The second-order valence-electron chi connectivity index (χ2n) is 6.50. The van der Waals surface area contributed by atoms with E-state index >= 15 is 0 Å². The monoisotopic (exact) mass is 430 g/mol. The molecule has 0 spiro atoms. The van der Waals surface area contributed by atoms with E-state index in [1.165, 1.54) is 26.4 Å². The molecule has 0 atom stereocenters. The molecule has 164 valence electrons. The molecule has 0 saturated heterocycles. The summed E-state index contributed by atoms with van der Waals surface area (Å²) in [6.45, 7) is 1.43. The lowest BCUT2D eigenvalue weighted by molar-refractivity contribution is -0.139. The molecule has 0 aliphatic heterocycles. The van der Waals surface area contributed by atoms with Gasteiger partial charge >= 0.3 is 5.97 Å². The first-order chi connectivity index (χ1) is 14.9. The smallest absolute Gasteiger partial charge is 0.341 e. The lowest BCUT2D eigenvalue weighted by Gasteiger charge is -2.15. The van der Waals surface area contributed by atoms with Gasteiger partial charge in [-0.25, -0.2) is 4.79 Å². The predicted octanol–water partition coefficient (Wildman–Crippen LogP) is 3.44. The van der Waals surface area contributed by atoms with Crippen molar-refractivity contribution in [3.05, 3.63) is 40.6 Å². The highest BCUT2D eigenvalue weighted by molar-refractivity contribution is 5.89. The number of ether oxygens (including phenoxy) is 4. The standard InChI is InChI=1S/C22H22O9/c1-4-7-29-22-18(30-11-19(24)25)10-17-20(21(22)26)13(23)9-15(31-17)12-5-6-14(27-2)16(8-12)28-3/h5-6,8-10,26H,4,7,11H2,1-3H3,(H,24,25). The van der Waals surface area contributed by atoms with E-state index in [4.69, 9.17) is 28.5 Å². The minimum absolute atomic E-state index is 0.0130. The van der Waals surface area contributed by atoms with Crippen LogP contribution in [0.5, 0.6) is 28.7 Å². The molecule has 0 saturated carbocycles. The van der Waals surface area contributed by atoms with Crippen molar-refractivity contribution in [2.75, 3.05) is 27.4 Å². The number of carbonyl (C=O) groups is 1. The summed E-state index contributed by atoms with van der Waals surface area (Å²) in [5.41, 5.74) is 0.0455. The summed E-state index contributed by atoms with van der Waals surface area (Å²) in [6, 6.07) is 7.56. The van der Waals surface area contributed by atoms with Crippen LogP contribution in [-0.2, 0) is 4.79 Å². The number of hydrogen-bond donors (Lipinski definition) is 2. The summed E-state index contributed by atoms with van der Waals surface area (Å²) in [7, 11) is 2.99. The average Bonchev–Trinajstić information content (AvgIpc) is 2.76. The topological polar surface area (TPSA) is 125 Å². The number of methoxy groups -OCH3 is 2. The van der Waals surface area contributed by atoms with Gasteiger partial charge < -0.3 is 33.6 Å². The molecule has 1 heterocycles. The Labute approximate surface area is 177 Å². The third-order valence-corrected chi connectivity index (χ3v) is 4.38. The van der Waals surface area contributed by atoms with Crippen molar-refractivity contribution in [3.8, 4) is 40.1 Å². The molecule has 31 heavy (non-hydrogen) atoms. The normalized spacial score (nSPS) is 10.7. The van der Waals surface area contributed by atoms with Crippen LogP contribution in [0.2, 0.25) is 0 Å². The van der Waals surface area contributed by atoms with Gasteiger partial charge in [0.05, 0.1) is 20.8 Å². The zero-order valence-electron chi connectivity index (χ0n) is 17.3. The number of aliphatic carboxylic acids is 1. The molecule has 2 aromatic carbocycles. The average molecular weight is 430 g/mol. The number of carboxylic acid groups (broad SMARTS) is 1. The maximum atomic E-state index is 12.8. The summed E-state index contributed by atoms with van der Waals surface area (Å²) < 4.78 is 27.1. The van der Waals surface area contributed by atoms with Gasteiger partial charge in [0.25, 0.3) is 0 Å². The fourth-order valence-corrected chi connectivity index (χ4v) is 2.98. The molecule has 0 amide bonds. The molecule has 0 radical (unpaired) electrons. The van der Waals surface area contributed by atoms with Gasteiger partial charge in [0.15, 0.2) is 35.0 Å². The molecular weight excluding hydrogens is 408 g/mol. The van der Waals surface area contributed by atoms with Crippen LogP contribution in [0.25, 0.3) is 22.3 Å². The number of phenolic OH excluding ortho intramolecular Hbond substituents is 1. The van der Waals surface area contributed by atoms with Crippen LogP contribution in [0.15, 0.2) is 39.5 Å². The Balaban J connectivity index is 2.18. The van der Waals surface area contributed by atoms with Crippen LogP contribution in [0.1, 0.15) is 13.3 Å². The Kier molecular flexibility index (Phi) is 6.54. The van der Waals surface area contributed by atoms with Gasteiger partial charge in [-0.2, -0.15) is 0 Å². The van der Waals surface area contributed by atoms with Crippen molar-refractivity contribution in [3.63, 3.8) is 0 Å². The molecular formula is C22H22O9. The molecule has 0 unspecified atom stereocenters. The van der Waals surface area contributed by atoms with Crippen molar-refractivity contribution >= 4 is 16.9 Å². The van der Waals surface area contributed by atoms with Crippen LogP contribution in [0.4, 0.5) is 0 Å². The van der Waals surface area contributed by atoms with Gasteiger partial charge in [-0.15, -0.1) is 0 Å². The van der Waals surface area contributed by atoms with Crippen LogP contribution < -0.4 is 24.4 Å². The van der Waals surface area contributed by atoms with Gasteiger partial charge in [-0.1, -0.05) is 6.92 Å². The first-order valence-electron chi connectivity index (χ1n) is 9.43. The summed E-state index contributed by atoms with van der Waals surface area (Å²) >= 11 is 0. The largest absolute Gasteiger partial charge is 0.504 e. The van der Waals surface area contributed by atoms with Gasteiger partial charge in [0.2, 0.25) is 5.75 Å². The van der Waals surface area contributed by atoms with E-state index in [0.717, 1.165) is 0 Å². The second kappa shape index (κ2) is 9.29. The highest BCUT2D eigenvalue weighted by Crippen LogP contribution is 2.43. The fraction of sp³-hybridized carbons (Fsp3) is 0.273. The molecule has 0 aliphatic rings. The van der Waals surface area contributed by atoms with Gasteiger partial charge in [0, 0.05) is 17.7 Å². The molecule has 0 aliphatic carbocycles. The quantitative estimate of drug-likeness (QED) is 0.525. The minimum Gasteiger partial charge on any atom is -0.504 e. The van der Waals surface area contributed by atoms with Crippen LogP contribution in [0, 0.1) is 0 Å². The van der Waals surface area contributed by atoms with Crippen molar-refractivity contribution < 1.29 is 38.4 Å². The van der Waals surface area contributed by atoms with E-state index < -0.39 is 23.8 Å². The fourth-order valence-electron chi connectivity index (χ4n) is 2.98. The van der Waals surface area contributed by atoms with E-state index in [9.17, 15) is 14.7 Å². The predicted molar refractivity (Wildman–Crippen MR) is 112 cm³/mol. The Morgan fingerprint density at radius 2 is 1.77 bits per heavy atom. The molecule has 9 heteroatoms. The lowest BCUT2D eigenvalue weighted by atomic mass is 10.1. The zero-order valence-corrected chi connectivity index (χ0v) is 17.3. The molecule has 0 bridgehead atoms. The zero-order chi connectivity index (χ0) is 22.5. The maximum absolute atomic E-state index is 12.8. The Hall–Kier alpha value is -3.88. The van der Waals surface area contributed by atoms with E-state index in [-0.39, 0.29) is 34.8 Å². The van der Waals surface area contributed by atoms with E-state index in [0.29, 0.717) is 23.5 Å². The first kappa shape index (κ1) is 21.8. The molecule has 3 aromatic rings. The lowest BCUT2D eigenvalue weighted by Crippen LogP contribution is -2.11. The number of fused-ring (bicyclic) bond motifs is 1. The van der Waals surface area contributed by atoms with E-state index in [1.54, 1.807) is 18.2 Å².